The van der Waals surface area contributed by atoms with Gasteiger partial charge in [-0.05, 0) is 26.4 Å². The molecule has 15 heavy (non-hydrogen) atoms. The van der Waals surface area contributed by atoms with Crippen LogP contribution in [-0.2, 0) is 9.53 Å². The van der Waals surface area contributed by atoms with Crippen molar-refractivity contribution < 1.29 is 14.6 Å². The summed E-state index contributed by atoms with van der Waals surface area (Å²) in [5, 5.41) is 8.92. The molecule has 0 amide bonds. The van der Waals surface area contributed by atoms with Crippen molar-refractivity contribution in [3.05, 3.63) is 0 Å². The van der Waals surface area contributed by atoms with Gasteiger partial charge in [0.25, 0.3) is 0 Å². The van der Waals surface area contributed by atoms with Crippen molar-refractivity contribution in [2.24, 2.45) is 0 Å². The molecule has 0 aromatic rings. The zero-order chi connectivity index (χ0) is 11.7. The van der Waals surface area contributed by atoms with Crippen molar-refractivity contribution in [2.45, 2.75) is 39.7 Å². The lowest BCUT2D eigenvalue weighted by atomic mass is 10.2. The van der Waals surface area contributed by atoms with Gasteiger partial charge in [0.15, 0.2) is 6.10 Å². The summed E-state index contributed by atoms with van der Waals surface area (Å²) in [5.41, 5.74) is 0. The number of carboxylic acid groups (broad SMARTS) is 1. The van der Waals surface area contributed by atoms with E-state index in [4.69, 9.17) is 9.84 Å². The Morgan fingerprint density at radius 2 is 2.07 bits per heavy atom. The zero-order valence-corrected chi connectivity index (χ0v) is 10.0. The first kappa shape index (κ1) is 14.4. The van der Waals surface area contributed by atoms with Crippen LogP contribution in [0.15, 0.2) is 0 Å². The highest BCUT2D eigenvalue weighted by atomic mass is 16.5. The van der Waals surface area contributed by atoms with Gasteiger partial charge in [0.05, 0.1) is 0 Å². The topological polar surface area (TPSA) is 49.8 Å². The molecule has 0 saturated heterocycles. The fourth-order valence-corrected chi connectivity index (χ4v) is 1.40. The van der Waals surface area contributed by atoms with Crippen LogP contribution in [0.1, 0.15) is 33.6 Å². The van der Waals surface area contributed by atoms with E-state index in [1.807, 2.05) is 13.8 Å². The van der Waals surface area contributed by atoms with Crippen LogP contribution in [-0.4, -0.2) is 48.3 Å². The first-order valence-corrected chi connectivity index (χ1v) is 5.72. The minimum absolute atomic E-state index is 0.447. The smallest absolute Gasteiger partial charge is 0.334 e. The molecule has 4 nitrogen and oxygen atoms in total. The lowest BCUT2D eigenvalue weighted by Crippen LogP contribution is -2.39. The Kier molecular flexibility index (Phi) is 8.33. The van der Waals surface area contributed by atoms with Gasteiger partial charge >= 0.3 is 5.97 Å². The average molecular weight is 217 g/mol. The number of nitrogens with zero attached hydrogens (tertiary/aromatic N) is 1. The number of carbonyl (C=O) groups is 1. The highest BCUT2D eigenvalue weighted by molar-refractivity contribution is 5.72. The molecule has 0 heterocycles. The number of likely N-dealkylation sites (N-methyl/N-ethyl adjacent to an activating group) is 1. The minimum Gasteiger partial charge on any atom is -0.479 e. The van der Waals surface area contributed by atoms with Crippen LogP contribution < -0.4 is 0 Å². The zero-order valence-electron chi connectivity index (χ0n) is 10.0. The third-order valence-electron chi connectivity index (χ3n) is 2.34. The summed E-state index contributed by atoms with van der Waals surface area (Å²) < 4.78 is 5.17. The molecule has 0 spiro atoms. The second-order valence-electron chi connectivity index (χ2n) is 3.53. The van der Waals surface area contributed by atoms with Gasteiger partial charge in [0.1, 0.15) is 0 Å². The second kappa shape index (κ2) is 8.68. The molecule has 1 atom stereocenters. The van der Waals surface area contributed by atoms with Gasteiger partial charge in [-0.15, -0.1) is 0 Å². The van der Waals surface area contributed by atoms with Gasteiger partial charge < -0.3 is 14.7 Å². The summed E-state index contributed by atoms with van der Waals surface area (Å²) in [5.74, 6) is -0.869. The van der Waals surface area contributed by atoms with Crippen molar-refractivity contribution in [3.63, 3.8) is 0 Å². The monoisotopic (exact) mass is 217 g/mol. The number of unbranched alkanes of at least 4 members (excludes halogenated alkanes) is 1. The highest BCUT2D eigenvalue weighted by Crippen LogP contribution is 2.00. The van der Waals surface area contributed by atoms with Gasteiger partial charge in [-0.25, -0.2) is 4.79 Å². The van der Waals surface area contributed by atoms with E-state index in [9.17, 15) is 4.79 Å². The maximum Gasteiger partial charge on any atom is 0.334 e. The molecule has 0 bridgehead atoms. The Bertz CT molecular complexity index is 173. The minimum atomic E-state index is -0.869. The van der Waals surface area contributed by atoms with Crippen molar-refractivity contribution in [1.29, 1.82) is 0 Å². The van der Waals surface area contributed by atoms with Gasteiger partial charge in [-0.1, -0.05) is 20.3 Å². The number of carboxylic acids is 1. The van der Waals surface area contributed by atoms with Gasteiger partial charge in [-0.2, -0.15) is 0 Å². The molecule has 0 aliphatic carbocycles. The molecule has 90 valence electrons. The van der Waals surface area contributed by atoms with E-state index in [0.717, 1.165) is 25.9 Å². The lowest BCUT2D eigenvalue weighted by molar-refractivity contribution is -0.151. The first-order chi connectivity index (χ1) is 7.15. The standard InChI is InChI=1S/C11H23NO3/c1-4-7-8-12(5-2)9-10(11(13)14)15-6-3/h10H,4-9H2,1-3H3,(H,13,14). The molecule has 0 radical (unpaired) electrons. The predicted octanol–water partition coefficient (Wildman–Crippen LogP) is 1.60. The number of aliphatic carboxylic acids is 1. The third kappa shape index (κ3) is 6.47. The second-order valence-corrected chi connectivity index (χ2v) is 3.53. The summed E-state index contributed by atoms with van der Waals surface area (Å²) in [6.45, 7) is 8.74. The quantitative estimate of drug-likeness (QED) is 0.637. The molecule has 0 rings (SSSR count). The summed E-state index contributed by atoms with van der Waals surface area (Å²) >= 11 is 0. The molecule has 0 aliphatic rings. The van der Waals surface area contributed by atoms with Crippen LogP contribution in [0.3, 0.4) is 0 Å². The summed E-state index contributed by atoms with van der Waals surface area (Å²) in [6, 6.07) is 0. The largest absolute Gasteiger partial charge is 0.479 e. The van der Waals surface area contributed by atoms with E-state index in [-0.39, 0.29) is 0 Å². The van der Waals surface area contributed by atoms with Crippen molar-refractivity contribution in [2.75, 3.05) is 26.2 Å². The molecular formula is C11H23NO3. The van der Waals surface area contributed by atoms with E-state index >= 15 is 0 Å². The highest BCUT2D eigenvalue weighted by Gasteiger charge is 2.19. The summed E-state index contributed by atoms with van der Waals surface area (Å²) in [7, 11) is 0. The Balaban J connectivity index is 4.03. The third-order valence-corrected chi connectivity index (χ3v) is 2.34. The Morgan fingerprint density at radius 1 is 1.40 bits per heavy atom. The SMILES string of the molecule is CCCCN(CC)CC(OCC)C(=O)O. The van der Waals surface area contributed by atoms with Crippen LogP contribution >= 0.6 is 0 Å². The fraction of sp³-hybridized carbons (Fsp3) is 0.909. The molecule has 0 aromatic heterocycles. The van der Waals surface area contributed by atoms with Crippen molar-refractivity contribution >= 4 is 5.97 Å². The number of hydrogen-bond acceptors (Lipinski definition) is 3. The number of rotatable bonds is 9. The van der Waals surface area contributed by atoms with E-state index in [1.165, 1.54) is 0 Å². The van der Waals surface area contributed by atoms with Crippen LogP contribution in [0.25, 0.3) is 0 Å². The normalized spacial score (nSPS) is 13.1. The molecule has 0 saturated carbocycles. The Morgan fingerprint density at radius 3 is 2.47 bits per heavy atom. The molecule has 1 unspecified atom stereocenters. The molecule has 0 aliphatic heterocycles. The van der Waals surface area contributed by atoms with Gasteiger partial charge in [0.2, 0.25) is 0 Å². The molecule has 1 N–H and O–H groups in total. The van der Waals surface area contributed by atoms with Gasteiger partial charge in [-0.3, -0.25) is 0 Å². The molecule has 0 fully saturated rings. The molecule has 4 heteroatoms. The van der Waals surface area contributed by atoms with Crippen LogP contribution in [0.5, 0.6) is 0 Å². The first-order valence-electron chi connectivity index (χ1n) is 5.72. The molecular weight excluding hydrogens is 194 g/mol. The molecule has 0 aromatic carbocycles. The maximum absolute atomic E-state index is 10.9. The summed E-state index contributed by atoms with van der Waals surface area (Å²) in [6.07, 6.45) is 1.54. The van der Waals surface area contributed by atoms with Crippen molar-refractivity contribution in [3.8, 4) is 0 Å². The lowest BCUT2D eigenvalue weighted by Gasteiger charge is -2.23. The van der Waals surface area contributed by atoms with Gasteiger partial charge in [0, 0.05) is 13.2 Å². The Labute approximate surface area is 92.2 Å². The predicted molar refractivity (Wildman–Crippen MR) is 60.1 cm³/mol. The number of hydrogen-bond donors (Lipinski definition) is 1. The van der Waals surface area contributed by atoms with Crippen LogP contribution in [0.4, 0.5) is 0 Å². The number of ether oxygens (including phenoxy) is 1. The fourth-order valence-electron chi connectivity index (χ4n) is 1.40. The van der Waals surface area contributed by atoms with Crippen LogP contribution in [0, 0.1) is 0 Å². The maximum atomic E-state index is 10.9. The van der Waals surface area contributed by atoms with Crippen molar-refractivity contribution in [1.82, 2.24) is 4.90 Å². The van der Waals surface area contributed by atoms with E-state index in [2.05, 4.69) is 11.8 Å². The average Bonchev–Trinajstić information content (AvgIpc) is 2.22. The van der Waals surface area contributed by atoms with E-state index in [1.54, 1.807) is 0 Å². The summed E-state index contributed by atoms with van der Waals surface area (Å²) in [4.78, 5) is 13.0. The van der Waals surface area contributed by atoms with E-state index in [0.29, 0.717) is 13.2 Å². The van der Waals surface area contributed by atoms with Crippen LogP contribution in [0.2, 0.25) is 0 Å². The van der Waals surface area contributed by atoms with E-state index < -0.39 is 12.1 Å². The Hall–Kier alpha value is -0.610.